The highest BCUT2D eigenvalue weighted by Crippen LogP contribution is 2.23. The predicted molar refractivity (Wildman–Crippen MR) is 72.5 cm³/mol. The lowest BCUT2D eigenvalue weighted by Gasteiger charge is -2.10. The van der Waals surface area contributed by atoms with Crippen molar-refractivity contribution in [3.8, 4) is 11.3 Å². The summed E-state index contributed by atoms with van der Waals surface area (Å²) in [6.07, 6.45) is 4.81. The first-order valence-electron chi connectivity index (χ1n) is 6.19. The van der Waals surface area contributed by atoms with E-state index in [1.54, 1.807) is 4.68 Å². The lowest BCUT2D eigenvalue weighted by Crippen LogP contribution is -2.04. The average Bonchev–Trinajstić information content (AvgIpc) is 2.84. The Kier molecular flexibility index (Phi) is 3.60. The summed E-state index contributed by atoms with van der Waals surface area (Å²) < 4.78 is 1.78. The molecule has 0 radical (unpaired) electrons. The maximum absolute atomic E-state index is 4.63. The van der Waals surface area contributed by atoms with Gasteiger partial charge in [0.15, 0.2) is 0 Å². The molecule has 1 N–H and O–H groups in total. The zero-order valence-electron chi connectivity index (χ0n) is 11.3. The molecule has 0 aliphatic rings. The van der Waals surface area contributed by atoms with Crippen molar-refractivity contribution in [2.75, 3.05) is 12.4 Å². The van der Waals surface area contributed by atoms with Crippen LogP contribution in [-0.4, -0.2) is 26.8 Å². The number of rotatable bonds is 4. The van der Waals surface area contributed by atoms with E-state index in [0.29, 0.717) is 5.92 Å². The third kappa shape index (κ3) is 2.50. The van der Waals surface area contributed by atoms with Crippen molar-refractivity contribution < 1.29 is 0 Å². The minimum absolute atomic E-state index is 0.355. The van der Waals surface area contributed by atoms with Gasteiger partial charge in [0.2, 0.25) is 0 Å². The third-order valence-corrected chi connectivity index (χ3v) is 3.05. The van der Waals surface area contributed by atoms with Gasteiger partial charge in [-0.2, -0.15) is 5.10 Å². The van der Waals surface area contributed by atoms with Gasteiger partial charge in [-0.25, -0.2) is 9.97 Å². The Hall–Kier alpha value is -1.91. The summed E-state index contributed by atoms with van der Waals surface area (Å²) in [5.74, 6) is 2.08. The second kappa shape index (κ2) is 5.16. The molecule has 5 nitrogen and oxygen atoms in total. The quantitative estimate of drug-likeness (QED) is 0.898. The molecule has 0 saturated heterocycles. The molecule has 2 aromatic heterocycles. The zero-order valence-corrected chi connectivity index (χ0v) is 11.3. The van der Waals surface area contributed by atoms with Gasteiger partial charge in [-0.1, -0.05) is 13.8 Å². The minimum atomic E-state index is 0.355. The first kappa shape index (κ1) is 12.5. The van der Waals surface area contributed by atoms with E-state index in [0.717, 1.165) is 29.3 Å². The van der Waals surface area contributed by atoms with Gasteiger partial charge in [-0.3, -0.25) is 4.68 Å². The van der Waals surface area contributed by atoms with Gasteiger partial charge < -0.3 is 5.32 Å². The van der Waals surface area contributed by atoms with Crippen LogP contribution in [0.2, 0.25) is 0 Å². The van der Waals surface area contributed by atoms with Gasteiger partial charge in [-0.05, 0) is 6.42 Å². The van der Waals surface area contributed by atoms with Crippen LogP contribution in [0.15, 0.2) is 18.5 Å². The van der Waals surface area contributed by atoms with Crippen molar-refractivity contribution in [1.29, 1.82) is 0 Å². The second-order valence-corrected chi connectivity index (χ2v) is 4.46. The Balaban J connectivity index is 2.47. The fourth-order valence-electron chi connectivity index (χ4n) is 1.70. The van der Waals surface area contributed by atoms with Gasteiger partial charge in [-0.15, -0.1) is 0 Å². The van der Waals surface area contributed by atoms with E-state index in [2.05, 4.69) is 34.2 Å². The molecule has 2 heterocycles. The van der Waals surface area contributed by atoms with Gasteiger partial charge >= 0.3 is 0 Å². The van der Waals surface area contributed by atoms with E-state index in [4.69, 9.17) is 0 Å². The summed E-state index contributed by atoms with van der Waals surface area (Å²) in [4.78, 5) is 9.14. The molecule has 5 heteroatoms. The van der Waals surface area contributed by atoms with E-state index >= 15 is 0 Å². The lowest BCUT2D eigenvalue weighted by molar-refractivity contribution is 0.680. The molecular formula is C13H19N5. The fraction of sp³-hybridized carbons (Fsp3) is 0.462. The van der Waals surface area contributed by atoms with Crippen molar-refractivity contribution in [3.63, 3.8) is 0 Å². The maximum Gasteiger partial charge on any atom is 0.134 e. The standard InChI is InChI=1S/C13H19N5/c1-5-9(2)13-16-11(6-12(14-3)17-13)10-7-15-18(4)8-10/h6-9H,5H2,1-4H3,(H,14,16,17). The van der Waals surface area contributed by atoms with Crippen LogP contribution in [0.3, 0.4) is 0 Å². The maximum atomic E-state index is 4.63. The topological polar surface area (TPSA) is 55.6 Å². The van der Waals surface area contributed by atoms with Crippen molar-refractivity contribution in [2.24, 2.45) is 7.05 Å². The first-order valence-corrected chi connectivity index (χ1v) is 6.19. The first-order chi connectivity index (χ1) is 8.63. The number of anilines is 1. The van der Waals surface area contributed by atoms with Crippen molar-refractivity contribution in [2.45, 2.75) is 26.2 Å². The molecule has 2 aromatic rings. The van der Waals surface area contributed by atoms with E-state index in [1.807, 2.05) is 32.6 Å². The van der Waals surface area contributed by atoms with Gasteiger partial charge in [0.05, 0.1) is 11.9 Å². The normalized spacial score (nSPS) is 12.4. The number of aryl methyl sites for hydroxylation is 1. The molecule has 0 aliphatic carbocycles. The van der Waals surface area contributed by atoms with Crippen LogP contribution < -0.4 is 5.32 Å². The van der Waals surface area contributed by atoms with Crippen molar-refractivity contribution in [1.82, 2.24) is 19.7 Å². The molecule has 1 atom stereocenters. The molecular weight excluding hydrogens is 226 g/mol. The molecule has 0 aromatic carbocycles. The van der Waals surface area contributed by atoms with Crippen LogP contribution in [0.4, 0.5) is 5.82 Å². The molecule has 0 spiro atoms. The Labute approximate surface area is 107 Å². The van der Waals surface area contributed by atoms with Crippen molar-refractivity contribution in [3.05, 3.63) is 24.3 Å². The fourth-order valence-corrected chi connectivity index (χ4v) is 1.70. The number of hydrogen-bond acceptors (Lipinski definition) is 4. The number of nitrogens with zero attached hydrogens (tertiary/aromatic N) is 4. The van der Waals surface area contributed by atoms with Crippen LogP contribution in [0, 0.1) is 0 Å². The van der Waals surface area contributed by atoms with E-state index in [9.17, 15) is 0 Å². The van der Waals surface area contributed by atoms with E-state index < -0.39 is 0 Å². The summed E-state index contributed by atoms with van der Waals surface area (Å²) in [5, 5.41) is 7.26. The van der Waals surface area contributed by atoms with E-state index in [-0.39, 0.29) is 0 Å². The highest BCUT2D eigenvalue weighted by atomic mass is 15.2. The molecule has 0 saturated carbocycles. The molecule has 0 fully saturated rings. The van der Waals surface area contributed by atoms with Gasteiger partial charge in [0.1, 0.15) is 11.6 Å². The van der Waals surface area contributed by atoms with Crippen LogP contribution >= 0.6 is 0 Å². The van der Waals surface area contributed by atoms with Crippen LogP contribution in [-0.2, 0) is 7.05 Å². The Morgan fingerprint density at radius 2 is 2.17 bits per heavy atom. The Bertz CT molecular complexity index is 532. The van der Waals surface area contributed by atoms with Crippen LogP contribution in [0.5, 0.6) is 0 Å². The SMILES string of the molecule is CCC(C)c1nc(NC)cc(-c2cnn(C)c2)n1. The van der Waals surface area contributed by atoms with Crippen LogP contribution in [0.25, 0.3) is 11.3 Å². The Morgan fingerprint density at radius 1 is 1.39 bits per heavy atom. The molecule has 18 heavy (non-hydrogen) atoms. The summed E-state index contributed by atoms with van der Waals surface area (Å²) in [6, 6.07) is 1.95. The zero-order chi connectivity index (χ0) is 13.1. The largest absolute Gasteiger partial charge is 0.373 e. The highest BCUT2D eigenvalue weighted by molar-refractivity contribution is 5.60. The number of aromatic nitrogens is 4. The summed E-state index contributed by atoms with van der Waals surface area (Å²) in [6.45, 7) is 4.28. The molecule has 2 rings (SSSR count). The van der Waals surface area contributed by atoms with Crippen molar-refractivity contribution >= 4 is 5.82 Å². The lowest BCUT2D eigenvalue weighted by atomic mass is 10.1. The van der Waals surface area contributed by atoms with Gasteiger partial charge in [0, 0.05) is 37.8 Å². The Morgan fingerprint density at radius 3 is 2.72 bits per heavy atom. The summed E-state index contributed by atoms with van der Waals surface area (Å²) in [5.41, 5.74) is 1.93. The number of nitrogens with one attached hydrogen (secondary N) is 1. The third-order valence-electron chi connectivity index (χ3n) is 3.05. The summed E-state index contributed by atoms with van der Waals surface area (Å²) >= 11 is 0. The average molecular weight is 245 g/mol. The predicted octanol–water partition coefficient (Wildman–Crippen LogP) is 2.43. The monoisotopic (exact) mass is 245 g/mol. The molecule has 1 unspecified atom stereocenters. The minimum Gasteiger partial charge on any atom is -0.373 e. The highest BCUT2D eigenvalue weighted by Gasteiger charge is 2.11. The second-order valence-electron chi connectivity index (χ2n) is 4.46. The molecule has 0 bridgehead atoms. The molecule has 96 valence electrons. The summed E-state index contributed by atoms with van der Waals surface area (Å²) in [7, 11) is 3.77. The van der Waals surface area contributed by atoms with Gasteiger partial charge in [0.25, 0.3) is 0 Å². The van der Waals surface area contributed by atoms with E-state index in [1.165, 1.54) is 0 Å². The van der Waals surface area contributed by atoms with Crippen LogP contribution in [0.1, 0.15) is 32.0 Å². The molecule has 0 aliphatic heterocycles. The smallest absolute Gasteiger partial charge is 0.134 e. The number of hydrogen-bond donors (Lipinski definition) is 1. The molecule has 0 amide bonds.